The van der Waals surface area contributed by atoms with Crippen molar-refractivity contribution >= 4 is 5.91 Å². The fraction of sp³-hybridized carbons (Fsp3) is 0.727. The largest absolute Gasteiger partial charge is 0.350 e. The van der Waals surface area contributed by atoms with Gasteiger partial charge in [-0.15, -0.1) is 0 Å². The highest BCUT2D eigenvalue weighted by molar-refractivity contribution is 5.88. The average Bonchev–Trinajstić information content (AvgIpc) is 2.07. The molecule has 0 unspecified atom stereocenters. The highest BCUT2D eigenvalue weighted by atomic mass is 16.1. The second kappa shape index (κ2) is 5.15. The average molecular weight is 196 g/mol. The predicted octanol–water partition coefficient (Wildman–Crippen LogP) is 1.34. The Hall–Kier alpha value is -0.830. The van der Waals surface area contributed by atoms with Gasteiger partial charge in [-0.3, -0.25) is 4.79 Å². The molecule has 0 aromatic heterocycles. The summed E-state index contributed by atoms with van der Waals surface area (Å²) in [7, 11) is 0. The molecule has 0 aromatic rings. The monoisotopic (exact) mass is 196 g/mol. The molecule has 0 radical (unpaired) electrons. The summed E-state index contributed by atoms with van der Waals surface area (Å²) in [4.78, 5) is 11.4. The first-order chi connectivity index (χ1) is 6.58. The van der Waals surface area contributed by atoms with E-state index in [-0.39, 0.29) is 5.91 Å². The van der Waals surface area contributed by atoms with Crippen LogP contribution in [0.15, 0.2) is 11.6 Å². The van der Waals surface area contributed by atoms with Crippen molar-refractivity contribution in [2.75, 3.05) is 0 Å². The zero-order valence-electron chi connectivity index (χ0n) is 9.05. The Morgan fingerprint density at radius 2 is 1.86 bits per heavy atom. The number of carbonyl (C=O) groups excluding carboxylic acids is 1. The Labute approximate surface area is 85.7 Å². The Balaban J connectivity index is 2.31. The number of hydrogen-bond donors (Lipinski definition) is 2. The van der Waals surface area contributed by atoms with Crippen molar-refractivity contribution in [2.24, 2.45) is 5.73 Å². The fourth-order valence-electron chi connectivity index (χ4n) is 1.77. The molecule has 1 saturated carbocycles. The van der Waals surface area contributed by atoms with Crippen LogP contribution in [-0.4, -0.2) is 18.0 Å². The number of hydrogen-bond acceptors (Lipinski definition) is 2. The van der Waals surface area contributed by atoms with Crippen LogP contribution in [-0.2, 0) is 4.79 Å². The van der Waals surface area contributed by atoms with E-state index in [2.05, 4.69) is 5.32 Å². The molecular formula is C11H20N2O. The van der Waals surface area contributed by atoms with Crippen LogP contribution < -0.4 is 11.1 Å². The zero-order chi connectivity index (χ0) is 10.6. The van der Waals surface area contributed by atoms with E-state index in [0.717, 1.165) is 31.3 Å². The Morgan fingerprint density at radius 3 is 2.36 bits per heavy atom. The zero-order valence-corrected chi connectivity index (χ0v) is 9.05. The lowest BCUT2D eigenvalue weighted by Crippen LogP contribution is -2.39. The first kappa shape index (κ1) is 11.2. The first-order valence-electron chi connectivity index (χ1n) is 5.29. The molecule has 0 bridgehead atoms. The summed E-state index contributed by atoms with van der Waals surface area (Å²) in [5.74, 6) is 0.0328. The fourth-order valence-corrected chi connectivity index (χ4v) is 1.77. The minimum Gasteiger partial charge on any atom is -0.350 e. The van der Waals surface area contributed by atoms with E-state index in [4.69, 9.17) is 5.73 Å². The van der Waals surface area contributed by atoms with Crippen LogP contribution in [0.2, 0.25) is 0 Å². The summed E-state index contributed by atoms with van der Waals surface area (Å²) in [6.45, 7) is 3.85. The van der Waals surface area contributed by atoms with Crippen LogP contribution in [0.25, 0.3) is 0 Å². The van der Waals surface area contributed by atoms with Crippen LogP contribution in [0.1, 0.15) is 39.5 Å². The molecule has 0 atom stereocenters. The number of nitrogens with one attached hydrogen (secondary N) is 1. The van der Waals surface area contributed by atoms with Gasteiger partial charge in [0.25, 0.3) is 0 Å². The van der Waals surface area contributed by atoms with E-state index in [9.17, 15) is 4.79 Å². The number of carbonyl (C=O) groups is 1. The standard InChI is InChI=1S/C11H20N2O/c1-8(2)7-11(14)13-10-5-3-9(12)4-6-10/h7,9-10H,3-6,12H2,1-2H3,(H,13,14). The SMILES string of the molecule is CC(C)=CC(=O)NC1CCC(N)CC1. The van der Waals surface area contributed by atoms with Crippen LogP contribution in [0, 0.1) is 0 Å². The van der Waals surface area contributed by atoms with E-state index >= 15 is 0 Å². The smallest absolute Gasteiger partial charge is 0.244 e. The highest BCUT2D eigenvalue weighted by Gasteiger charge is 2.18. The number of amides is 1. The van der Waals surface area contributed by atoms with Gasteiger partial charge in [-0.05, 0) is 39.5 Å². The maximum absolute atomic E-state index is 11.4. The van der Waals surface area contributed by atoms with Gasteiger partial charge in [-0.1, -0.05) is 5.57 Å². The van der Waals surface area contributed by atoms with Gasteiger partial charge in [0.15, 0.2) is 0 Å². The first-order valence-corrected chi connectivity index (χ1v) is 5.29. The summed E-state index contributed by atoms with van der Waals surface area (Å²) < 4.78 is 0. The van der Waals surface area contributed by atoms with Crippen molar-refractivity contribution in [2.45, 2.75) is 51.6 Å². The predicted molar refractivity (Wildman–Crippen MR) is 57.8 cm³/mol. The van der Waals surface area contributed by atoms with E-state index < -0.39 is 0 Å². The van der Waals surface area contributed by atoms with Crippen LogP contribution in [0.3, 0.4) is 0 Å². The quantitative estimate of drug-likeness (QED) is 0.655. The van der Waals surface area contributed by atoms with Gasteiger partial charge < -0.3 is 11.1 Å². The second-order valence-corrected chi connectivity index (χ2v) is 4.34. The lowest BCUT2D eigenvalue weighted by Gasteiger charge is -2.26. The third kappa shape index (κ3) is 3.92. The van der Waals surface area contributed by atoms with Gasteiger partial charge in [0, 0.05) is 18.2 Å². The lowest BCUT2D eigenvalue weighted by molar-refractivity contribution is -0.117. The van der Waals surface area contributed by atoms with E-state index in [1.54, 1.807) is 6.08 Å². The number of nitrogens with two attached hydrogens (primary N) is 1. The molecule has 0 aromatic carbocycles. The van der Waals surface area contributed by atoms with Gasteiger partial charge in [0.2, 0.25) is 5.91 Å². The van der Waals surface area contributed by atoms with Crippen molar-refractivity contribution < 1.29 is 4.79 Å². The minimum atomic E-state index is 0.0328. The minimum absolute atomic E-state index is 0.0328. The Kier molecular flexibility index (Phi) is 4.14. The highest BCUT2D eigenvalue weighted by Crippen LogP contribution is 2.16. The molecular weight excluding hydrogens is 176 g/mol. The molecule has 3 heteroatoms. The summed E-state index contributed by atoms with van der Waals surface area (Å²) in [5.41, 5.74) is 6.82. The second-order valence-electron chi connectivity index (χ2n) is 4.34. The topological polar surface area (TPSA) is 55.1 Å². The molecule has 3 N–H and O–H groups in total. The van der Waals surface area contributed by atoms with Gasteiger partial charge in [-0.2, -0.15) is 0 Å². The summed E-state index contributed by atoms with van der Waals surface area (Å²) >= 11 is 0. The summed E-state index contributed by atoms with van der Waals surface area (Å²) in [5, 5.41) is 3.00. The maximum Gasteiger partial charge on any atom is 0.244 e. The Morgan fingerprint density at radius 1 is 1.29 bits per heavy atom. The van der Waals surface area contributed by atoms with Crippen molar-refractivity contribution in [1.82, 2.24) is 5.32 Å². The molecule has 0 aliphatic heterocycles. The molecule has 0 heterocycles. The van der Waals surface area contributed by atoms with Gasteiger partial charge in [-0.25, -0.2) is 0 Å². The van der Waals surface area contributed by atoms with Gasteiger partial charge >= 0.3 is 0 Å². The summed E-state index contributed by atoms with van der Waals surface area (Å²) in [6, 6.07) is 0.671. The molecule has 1 aliphatic carbocycles. The molecule has 0 spiro atoms. The van der Waals surface area contributed by atoms with E-state index in [0.29, 0.717) is 12.1 Å². The maximum atomic E-state index is 11.4. The lowest BCUT2D eigenvalue weighted by atomic mass is 9.92. The molecule has 1 rings (SSSR count). The van der Waals surface area contributed by atoms with Crippen molar-refractivity contribution in [3.8, 4) is 0 Å². The summed E-state index contributed by atoms with van der Waals surface area (Å²) in [6.07, 6.45) is 5.74. The molecule has 1 amide bonds. The molecule has 80 valence electrons. The normalized spacial score (nSPS) is 26.8. The van der Waals surface area contributed by atoms with E-state index in [1.165, 1.54) is 0 Å². The third-order valence-electron chi connectivity index (χ3n) is 2.54. The van der Waals surface area contributed by atoms with Crippen LogP contribution in [0.4, 0.5) is 0 Å². The van der Waals surface area contributed by atoms with Crippen molar-refractivity contribution in [3.05, 3.63) is 11.6 Å². The van der Waals surface area contributed by atoms with Crippen molar-refractivity contribution in [1.29, 1.82) is 0 Å². The van der Waals surface area contributed by atoms with Gasteiger partial charge in [0.05, 0.1) is 0 Å². The number of rotatable bonds is 2. The Bertz CT molecular complexity index is 223. The molecule has 1 aliphatic rings. The van der Waals surface area contributed by atoms with Crippen molar-refractivity contribution in [3.63, 3.8) is 0 Å². The molecule has 0 saturated heterocycles. The van der Waals surface area contributed by atoms with Crippen LogP contribution >= 0.6 is 0 Å². The van der Waals surface area contributed by atoms with E-state index in [1.807, 2.05) is 13.8 Å². The molecule has 1 fully saturated rings. The van der Waals surface area contributed by atoms with Crippen LogP contribution in [0.5, 0.6) is 0 Å². The molecule has 3 nitrogen and oxygen atoms in total. The third-order valence-corrected chi connectivity index (χ3v) is 2.54. The van der Waals surface area contributed by atoms with Gasteiger partial charge in [0.1, 0.15) is 0 Å². The number of allylic oxidation sites excluding steroid dienone is 1. The molecule has 14 heavy (non-hydrogen) atoms.